The molecule has 5 nitrogen and oxygen atoms in total. The van der Waals surface area contributed by atoms with Gasteiger partial charge >= 0.3 is 0 Å². The number of rotatable bonds is 2. The number of aliphatic hydroxyl groups excluding tert-OH is 1. The van der Waals surface area contributed by atoms with Gasteiger partial charge in [-0.3, -0.25) is 4.79 Å². The molecule has 7 heteroatoms. The number of hydrogen-bond donors (Lipinski definition) is 1. The Balaban J connectivity index is 2.17. The maximum absolute atomic E-state index is 13.5. The molecule has 0 radical (unpaired) electrons. The number of aliphatic hydroxyl groups is 1. The minimum absolute atomic E-state index is 0.122. The SMILES string of the molecule is O=C(c1ncc(F)cc1F)N1CCOCC(CO)C1. The number of carbonyl (C=O) groups is 1. The Labute approximate surface area is 108 Å². The van der Waals surface area contributed by atoms with Gasteiger partial charge in [-0.15, -0.1) is 0 Å². The van der Waals surface area contributed by atoms with E-state index in [4.69, 9.17) is 9.84 Å². The van der Waals surface area contributed by atoms with Crippen molar-refractivity contribution < 1.29 is 23.4 Å². The maximum atomic E-state index is 13.5. The summed E-state index contributed by atoms with van der Waals surface area (Å²) in [7, 11) is 0. The fourth-order valence-corrected chi connectivity index (χ4v) is 1.90. The molecule has 1 amide bonds. The minimum Gasteiger partial charge on any atom is -0.396 e. The van der Waals surface area contributed by atoms with Crippen LogP contribution in [0.4, 0.5) is 8.78 Å². The predicted molar refractivity (Wildman–Crippen MR) is 61.5 cm³/mol. The third kappa shape index (κ3) is 3.24. The average molecular weight is 272 g/mol. The monoisotopic (exact) mass is 272 g/mol. The molecule has 1 aromatic heterocycles. The Morgan fingerprint density at radius 3 is 3.05 bits per heavy atom. The molecule has 1 atom stereocenters. The van der Waals surface area contributed by atoms with E-state index in [1.165, 1.54) is 4.90 Å². The van der Waals surface area contributed by atoms with E-state index >= 15 is 0 Å². The number of hydrogen-bond acceptors (Lipinski definition) is 4. The van der Waals surface area contributed by atoms with Gasteiger partial charge in [-0.05, 0) is 0 Å². The van der Waals surface area contributed by atoms with Crippen LogP contribution in [0.25, 0.3) is 0 Å². The van der Waals surface area contributed by atoms with E-state index in [0.717, 1.165) is 6.20 Å². The number of nitrogens with zero attached hydrogens (tertiary/aromatic N) is 2. The van der Waals surface area contributed by atoms with E-state index in [9.17, 15) is 13.6 Å². The Morgan fingerprint density at radius 2 is 2.37 bits per heavy atom. The van der Waals surface area contributed by atoms with Crippen LogP contribution in [-0.2, 0) is 4.74 Å². The highest BCUT2D eigenvalue weighted by atomic mass is 19.1. The van der Waals surface area contributed by atoms with Crippen LogP contribution in [0.2, 0.25) is 0 Å². The van der Waals surface area contributed by atoms with E-state index in [2.05, 4.69) is 4.98 Å². The first-order chi connectivity index (χ1) is 9.11. The van der Waals surface area contributed by atoms with Gasteiger partial charge in [0.25, 0.3) is 5.91 Å². The van der Waals surface area contributed by atoms with Crippen molar-refractivity contribution >= 4 is 5.91 Å². The molecule has 0 aromatic carbocycles. The fourth-order valence-electron chi connectivity index (χ4n) is 1.90. The molecule has 0 saturated carbocycles. The molecule has 2 rings (SSSR count). The van der Waals surface area contributed by atoms with Crippen LogP contribution in [0.5, 0.6) is 0 Å². The number of pyridine rings is 1. The highest BCUT2D eigenvalue weighted by Crippen LogP contribution is 2.13. The second kappa shape index (κ2) is 6.03. The lowest BCUT2D eigenvalue weighted by atomic mass is 10.1. The molecule has 1 aliphatic heterocycles. The van der Waals surface area contributed by atoms with Gasteiger partial charge < -0.3 is 14.7 Å². The molecule has 1 aliphatic rings. The summed E-state index contributed by atoms with van der Waals surface area (Å²) < 4.78 is 31.5. The molecule has 0 aliphatic carbocycles. The van der Waals surface area contributed by atoms with Crippen molar-refractivity contribution in [1.29, 1.82) is 0 Å². The summed E-state index contributed by atoms with van der Waals surface area (Å²) in [6.45, 7) is 1.08. The van der Waals surface area contributed by atoms with Crippen LogP contribution >= 0.6 is 0 Å². The molecule has 2 heterocycles. The maximum Gasteiger partial charge on any atom is 0.275 e. The number of halogens is 2. The standard InChI is InChI=1S/C12H14F2N2O3/c13-9-3-10(14)11(15-4-9)12(18)16-1-2-19-7-8(5-16)6-17/h3-4,8,17H,1-2,5-7H2. The van der Waals surface area contributed by atoms with Crippen molar-refractivity contribution in [2.24, 2.45) is 5.92 Å². The summed E-state index contributed by atoms with van der Waals surface area (Å²) in [5.74, 6) is -2.66. The number of aromatic nitrogens is 1. The first-order valence-electron chi connectivity index (χ1n) is 5.90. The number of ether oxygens (including phenoxy) is 1. The van der Waals surface area contributed by atoms with Gasteiger partial charge in [0.2, 0.25) is 0 Å². The van der Waals surface area contributed by atoms with Crippen molar-refractivity contribution in [3.8, 4) is 0 Å². The summed E-state index contributed by atoms with van der Waals surface area (Å²) in [5.41, 5.74) is -0.417. The predicted octanol–water partition coefficient (Wildman–Crippen LogP) is 0.441. The first kappa shape index (κ1) is 13.8. The van der Waals surface area contributed by atoms with Gasteiger partial charge in [0.1, 0.15) is 5.82 Å². The van der Waals surface area contributed by atoms with Crippen LogP contribution in [0.1, 0.15) is 10.5 Å². The van der Waals surface area contributed by atoms with Crippen molar-refractivity contribution in [3.63, 3.8) is 0 Å². The number of carbonyl (C=O) groups excluding carboxylic acids is 1. The molecule has 1 unspecified atom stereocenters. The van der Waals surface area contributed by atoms with Crippen molar-refractivity contribution in [3.05, 3.63) is 29.6 Å². The van der Waals surface area contributed by atoms with Gasteiger partial charge in [-0.1, -0.05) is 0 Å². The summed E-state index contributed by atoms with van der Waals surface area (Å²) in [4.78, 5) is 17.0. The van der Waals surface area contributed by atoms with E-state index in [1.54, 1.807) is 0 Å². The molecule has 1 saturated heterocycles. The zero-order valence-corrected chi connectivity index (χ0v) is 10.2. The van der Waals surface area contributed by atoms with E-state index in [1.807, 2.05) is 0 Å². The Kier molecular flexibility index (Phi) is 4.39. The van der Waals surface area contributed by atoms with Gasteiger partial charge in [0.15, 0.2) is 11.5 Å². The van der Waals surface area contributed by atoms with E-state index in [-0.39, 0.29) is 25.6 Å². The van der Waals surface area contributed by atoms with Crippen molar-refractivity contribution in [2.45, 2.75) is 0 Å². The third-order valence-corrected chi connectivity index (χ3v) is 2.89. The Hall–Kier alpha value is -1.60. The quantitative estimate of drug-likeness (QED) is 0.848. The van der Waals surface area contributed by atoms with Gasteiger partial charge in [0.05, 0.1) is 19.4 Å². The molecule has 0 spiro atoms. The molecule has 1 N–H and O–H groups in total. The van der Waals surface area contributed by atoms with E-state index in [0.29, 0.717) is 19.3 Å². The number of amides is 1. The van der Waals surface area contributed by atoms with Crippen LogP contribution in [0, 0.1) is 17.6 Å². The van der Waals surface area contributed by atoms with Crippen LogP contribution < -0.4 is 0 Å². The molecular formula is C12H14F2N2O3. The van der Waals surface area contributed by atoms with Crippen LogP contribution in [0.3, 0.4) is 0 Å². The fraction of sp³-hybridized carbons (Fsp3) is 0.500. The Morgan fingerprint density at radius 1 is 1.58 bits per heavy atom. The smallest absolute Gasteiger partial charge is 0.275 e. The van der Waals surface area contributed by atoms with Crippen LogP contribution in [0.15, 0.2) is 12.3 Å². The first-order valence-corrected chi connectivity index (χ1v) is 5.90. The second-order valence-corrected chi connectivity index (χ2v) is 4.36. The van der Waals surface area contributed by atoms with Crippen molar-refractivity contribution in [1.82, 2.24) is 9.88 Å². The Bertz CT molecular complexity index is 470. The topological polar surface area (TPSA) is 62.7 Å². The largest absolute Gasteiger partial charge is 0.396 e. The highest BCUT2D eigenvalue weighted by molar-refractivity contribution is 5.92. The summed E-state index contributed by atoms with van der Waals surface area (Å²) >= 11 is 0. The zero-order valence-electron chi connectivity index (χ0n) is 10.2. The van der Waals surface area contributed by atoms with Crippen molar-refractivity contribution in [2.75, 3.05) is 32.9 Å². The lowest BCUT2D eigenvalue weighted by Crippen LogP contribution is -2.37. The molecular weight excluding hydrogens is 258 g/mol. The lowest BCUT2D eigenvalue weighted by Gasteiger charge is -2.22. The molecule has 1 fully saturated rings. The highest BCUT2D eigenvalue weighted by Gasteiger charge is 2.25. The summed E-state index contributed by atoms with van der Waals surface area (Å²) in [6, 6.07) is 0.623. The zero-order chi connectivity index (χ0) is 13.8. The molecule has 104 valence electrons. The average Bonchev–Trinajstić information content (AvgIpc) is 2.63. The van der Waals surface area contributed by atoms with Crippen LogP contribution in [-0.4, -0.2) is 53.8 Å². The third-order valence-electron chi connectivity index (χ3n) is 2.89. The lowest BCUT2D eigenvalue weighted by molar-refractivity contribution is 0.0717. The molecule has 0 bridgehead atoms. The summed E-state index contributed by atoms with van der Waals surface area (Å²) in [5, 5.41) is 9.12. The normalized spacial score (nSPS) is 20.2. The summed E-state index contributed by atoms with van der Waals surface area (Å²) in [6.07, 6.45) is 0.800. The molecule has 19 heavy (non-hydrogen) atoms. The minimum atomic E-state index is -0.990. The van der Waals surface area contributed by atoms with Gasteiger partial charge in [-0.2, -0.15) is 0 Å². The second-order valence-electron chi connectivity index (χ2n) is 4.36. The molecule has 1 aromatic rings. The van der Waals surface area contributed by atoms with Gasteiger partial charge in [-0.25, -0.2) is 13.8 Å². The van der Waals surface area contributed by atoms with Gasteiger partial charge in [0, 0.05) is 31.7 Å². The van der Waals surface area contributed by atoms with E-state index < -0.39 is 23.2 Å².